The van der Waals surface area contributed by atoms with Crippen molar-refractivity contribution in [3.05, 3.63) is 89.0 Å². The molecule has 186 valence electrons. The molecule has 9 heteroatoms. The van der Waals surface area contributed by atoms with Crippen molar-refractivity contribution < 1.29 is 34.1 Å². The van der Waals surface area contributed by atoms with E-state index in [-0.39, 0.29) is 22.4 Å². The Balaban J connectivity index is 2.02. The molecule has 4 N–H and O–H groups in total. The van der Waals surface area contributed by atoms with Gasteiger partial charge in [-0.2, -0.15) is 0 Å². The van der Waals surface area contributed by atoms with Crippen molar-refractivity contribution in [2.45, 2.75) is 25.7 Å². The first-order valence-electron chi connectivity index (χ1n) is 11.1. The van der Waals surface area contributed by atoms with E-state index in [2.05, 4.69) is 10.6 Å². The van der Waals surface area contributed by atoms with Crippen LogP contribution in [0.15, 0.2) is 66.7 Å². The minimum Gasteiger partial charge on any atom is -0.497 e. The number of rotatable bonds is 9. The van der Waals surface area contributed by atoms with E-state index in [4.69, 9.17) is 4.74 Å². The molecule has 0 saturated heterocycles. The molecule has 36 heavy (non-hydrogen) atoms. The Hall–Kier alpha value is -4.66. The summed E-state index contributed by atoms with van der Waals surface area (Å²) in [4.78, 5) is 49.7. The fourth-order valence-corrected chi connectivity index (χ4v) is 3.67. The molecule has 0 fully saturated rings. The maximum atomic E-state index is 13.3. The van der Waals surface area contributed by atoms with Gasteiger partial charge in [-0.25, -0.2) is 0 Å². The second-order valence-electron chi connectivity index (χ2n) is 8.16. The maximum absolute atomic E-state index is 13.3. The average Bonchev–Trinajstić information content (AvgIpc) is 2.87. The molecule has 2 atom stereocenters. The van der Waals surface area contributed by atoms with Crippen LogP contribution in [-0.2, 0) is 9.59 Å². The fraction of sp³-hybridized carbons (Fsp3) is 0.185. The Morgan fingerprint density at radius 2 is 1.28 bits per heavy atom. The number of para-hydroxylation sites is 1. The van der Waals surface area contributed by atoms with Gasteiger partial charge in [0.2, 0.25) is 0 Å². The molecule has 0 heterocycles. The first kappa shape index (κ1) is 26.0. The number of carboxylic acids is 2. The van der Waals surface area contributed by atoms with E-state index in [1.54, 1.807) is 36.4 Å². The van der Waals surface area contributed by atoms with Crippen molar-refractivity contribution in [3.63, 3.8) is 0 Å². The van der Waals surface area contributed by atoms with Crippen molar-refractivity contribution in [1.29, 1.82) is 0 Å². The molecule has 0 spiro atoms. The summed E-state index contributed by atoms with van der Waals surface area (Å²) in [5.74, 6) is -5.16. The molecular formula is C27H26N2O7. The Bertz CT molecular complexity index is 1300. The lowest BCUT2D eigenvalue weighted by Gasteiger charge is -2.18. The van der Waals surface area contributed by atoms with Crippen LogP contribution in [0, 0.1) is 0 Å². The normalized spacial score (nSPS) is 12.2. The summed E-state index contributed by atoms with van der Waals surface area (Å²) in [6, 6.07) is 17.6. The van der Waals surface area contributed by atoms with E-state index >= 15 is 0 Å². The first-order chi connectivity index (χ1) is 17.1. The van der Waals surface area contributed by atoms with Gasteiger partial charge >= 0.3 is 11.9 Å². The molecule has 0 saturated carbocycles. The number of methoxy groups -OCH3 is 1. The maximum Gasteiger partial charge on any atom is 0.310 e. The highest BCUT2D eigenvalue weighted by Gasteiger charge is 2.27. The third-order valence-electron chi connectivity index (χ3n) is 5.72. The van der Waals surface area contributed by atoms with Gasteiger partial charge in [0.1, 0.15) is 5.75 Å². The van der Waals surface area contributed by atoms with E-state index in [1.807, 2.05) is 0 Å². The highest BCUT2D eigenvalue weighted by atomic mass is 16.5. The van der Waals surface area contributed by atoms with Crippen LogP contribution in [0.3, 0.4) is 0 Å². The molecule has 3 rings (SSSR count). The van der Waals surface area contributed by atoms with E-state index in [0.717, 1.165) is 0 Å². The average molecular weight is 491 g/mol. The summed E-state index contributed by atoms with van der Waals surface area (Å²) >= 11 is 0. The predicted octanol–water partition coefficient (Wildman–Crippen LogP) is 4.58. The number of hydrogen-bond acceptors (Lipinski definition) is 5. The lowest BCUT2D eigenvalue weighted by molar-refractivity contribution is -0.139. The summed E-state index contributed by atoms with van der Waals surface area (Å²) in [6.07, 6.45) is 0. The molecule has 0 aromatic heterocycles. The number of benzene rings is 3. The van der Waals surface area contributed by atoms with Gasteiger partial charge in [-0.15, -0.1) is 0 Å². The number of carbonyl (C=O) groups excluding carboxylic acids is 2. The van der Waals surface area contributed by atoms with Gasteiger partial charge in [0.15, 0.2) is 0 Å². The number of hydrogen-bond donors (Lipinski definition) is 4. The molecule has 0 aliphatic carbocycles. The van der Waals surface area contributed by atoms with Gasteiger partial charge in [0.05, 0.1) is 18.9 Å². The minimum absolute atomic E-state index is 0.00117. The number of nitrogens with one attached hydrogen (secondary N) is 2. The smallest absolute Gasteiger partial charge is 0.310 e. The topological polar surface area (TPSA) is 142 Å². The summed E-state index contributed by atoms with van der Waals surface area (Å²) in [7, 11) is 1.41. The number of ether oxygens (including phenoxy) is 1. The lowest BCUT2D eigenvalue weighted by Crippen LogP contribution is -2.23. The summed E-state index contributed by atoms with van der Waals surface area (Å²) < 4.78 is 5.24. The Morgan fingerprint density at radius 3 is 1.81 bits per heavy atom. The number of anilines is 2. The van der Waals surface area contributed by atoms with Crippen LogP contribution in [0.2, 0.25) is 0 Å². The second-order valence-corrected chi connectivity index (χ2v) is 8.16. The molecular weight excluding hydrogens is 464 g/mol. The standard InChI is InChI=1S/C27H26N2O7/c1-15(26(32)33)17-12-19(14-20(13-17)36-3)29-25(31)22-11-7-10-21(23(22)16(2)27(34)35)24(30)28-18-8-5-4-6-9-18/h4-16H,1-3H3,(H,28,30)(H,29,31)(H,32,33)(H,34,35). The van der Waals surface area contributed by atoms with Crippen molar-refractivity contribution in [3.8, 4) is 5.75 Å². The molecule has 3 aromatic rings. The molecule has 3 aromatic carbocycles. The molecule has 0 radical (unpaired) electrons. The van der Waals surface area contributed by atoms with Crippen LogP contribution < -0.4 is 15.4 Å². The zero-order chi connectivity index (χ0) is 26.4. The molecule has 0 bridgehead atoms. The lowest BCUT2D eigenvalue weighted by atomic mass is 9.89. The van der Waals surface area contributed by atoms with Crippen LogP contribution in [0.25, 0.3) is 0 Å². The van der Waals surface area contributed by atoms with E-state index in [9.17, 15) is 29.4 Å². The zero-order valence-electron chi connectivity index (χ0n) is 19.9. The zero-order valence-corrected chi connectivity index (χ0v) is 19.9. The number of carbonyl (C=O) groups is 4. The second kappa shape index (κ2) is 11.2. The fourth-order valence-electron chi connectivity index (χ4n) is 3.67. The van der Waals surface area contributed by atoms with Crippen LogP contribution in [0.4, 0.5) is 11.4 Å². The third kappa shape index (κ3) is 5.87. The predicted molar refractivity (Wildman–Crippen MR) is 134 cm³/mol. The Labute approximate surface area is 207 Å². The number of amides is 2. The van der Waals surface area contributed by atoms with Gasteiger partial charge in [-0.3, -0.25) is 19.2 Å². The SMILES string of the molecule is COc1cc(NC(=O)c2cccc(C(=O)Nc3ccccc3)c2C(C)C(=O)O)cc(C(C)C(=O)O)c1. The number of aliphatic carboxylic acids is 2. The summed E-state index contributed by atoms with van der Waals surface area (Å²) in [5.41, 5.74) is 1.29. The molecule has 2 amide bonds. The van der Waals surface area contributed by atoms with E-state index < -0.39 is 35.6 Å². The van der Waals surface area contributed by atoms with Crippen molar-refractivity contribution in [2.24, 2.45) is 0 Å². The van der Waals surface area contributed by atoms with Crippen LogP contribution in [-0.4, -0.2) is 41.1 Å². The molecule has 9 nitrogen and oxygen atoms in total. The quantitative estimate of drug-likeness (QED) is 0.344. The molecule has 0 aliphatic heterocycles. The highest BCUT2D eigenvalue weighted by molar-refractivity contribution is 6.11. The Morgan fingerprint density at radius 1 is 0.722 bits per heavy atom. The van der Waals surface area contributed by atoms with Crippen molar-refractivity contribution in [2.75, 3.05) is 17.7 Å². The van der Waals surface area contributed by atoms with E-state index in [0.29, 0.717) is 17.0 Å². The molecule has 2 unspecified atom stereocenters. The van der Waals surface area contributed by atoms with Crippen molar-refractivity contribution >= 4 is 35.1 Å². The first-order valence-corrected chi connectivity index (χ1v) is 11.1. The number of carboxylic acid groups (broad SMARTS) is 2. The minimum atomic E-state index is -1.21. The van der Waals surface area contributed by atoms with Gasteiger partial charge in [0, 0.05) is 28.6 Å². The highest BCUT2D eigenvalue weighted by Crippen LogP contribution is 2.29. The monoisotopic (exact) mass is 490 g/mol. The molecule has 0 aliphatic rings. The third-order valence-corrected chi connectivity index (χ3v) is 5.72. The summed E-state index contributed by atoms with van der Waals surface area (Å²) in [5, 5.41) is 24.5. The van der Waals surface area contributed by atoms with Crippen molar-refractivity contribution in [1.82, 2.24) is 0 Å². The van der Waals surface area contributed by atoms with Crippen LogP contribution in [0.1, 0.15) is 57.5 Å². The van der Waals surface area contributed by atoms with Crippen LogP contribution in [0.5, 0.6) is 5.75 Å². The van der Waals surface area contributed by atoms with Gasteiger partial charge < -0.3 is 25.6 Å². The van der Waals surface area contributed by atoms with E-state index in [1.165, 1.54) is 51.3 Å². The van der Waals surface area contributed by atoms with Gasteiger partial charge in [-0.05, 0) is 61.4 Å². The summed E-state index contributed by atoms with van der Waals surface area (Å²) in [6.45, 7) is 2.90. The van der Waals surface area contributed by atoms with Gasteiger partial charge in [0.25, 0.3) is 11.8 Å². The largest absolute Gasteiger partial charge is 0.497 e. The van der Waals surface area contributed by atoms with Gasteiger partial charge in [-0.1, -0.05) is 24.3 Å². The van der Waals surface area contributed by atoms with Crippen LogP contribution >= 0.6 is 0 Å². The Kier molecular flexibility index (Phi) is 8.06.